The van der Waals surface area contributed by atoms with Crippen molar-refractivity contribution in [1.29, 1.82) is 0 Å². The van der Waals surface area contributed by atoms with Gasteiger partial charge in [-0.2, -0.15) is 5.10 Å². The molecule has 3 fully saturated rings. The fraction of sp³-hybridized carbons (Fsp3) is 0.750. The van der Waals surface area contributed by atoms with Gasteiger partial charge in [-0.3, -0.25) is 10.00 Å². The smallest absolute Gasteiger partial charge is 0.320 e. The third kappa shape index (κ3) is 1.96. The number of ether oxygens (including phenoxy) is 1. The predicted molar refractivity (Wildman–Crippen MR) is 82.6 cm³/mol. The fourth-order valence-electron chi connectivity index (χ4n) is 4.82. The lowest BCUT2D eigenvalue weighted by molar-refractivity contribution is -0.125. The number of aryl methyl sites for hydroxylation is 2. The molecule has 3 atom stereocenters. The summed E-state index contributed by atoms with van der Waals surface area (Å²) in [7, 11) is 1.87. The molecule has 2 N–H and O–H groups in total. The number of rotatable bonds is 2. The van der Waals surface area contributed by atoms with Crippen LogP contribution in [0.2, 0.25) is 0 Å². The first-order valence-corrected chi connectivity index (χ1v) is 8.30. The van der Waals surface area contributed by atoms with E-state index in [4.69, 9.17) is 4.74 Å². The monoisotopic (exact) mass is 304 g/mol. The molecule has 4 rings (SSSR count). The molecular formula is C16H24N4O2. The Morgan fingerprint density at radius 1 is 1.45 bits per heavy atom. The Balaban J connectivity index is 1.44. The van der Waals surface area contributed by atoms with Crippen molar-refractivity contribution >= 4 is 11.8 Å². The lowest BCUT2D eigenvalue weighted by atomic mass is 9.54. The van der Waals surface area contributed by atoms with Crippen molar-refractivity contribution in [3.05, 3.63) is 11.8 Å². The number of aromatic nitrogens is 2. The van der Waals surface area contributed by atoms with E-state index >= 15 is 0 Å². The minimum atomic E-state index is -0.139. The van der Waals surface area contributed by atoms with Crippen LogP contribution in [0.5, 0.6) is 0 Å². The van der Waals surface area contributed by atoms with Gasteiger partial charge in [-0.1, -0.05) is 12.8 Å². The van der Waals surface area contributed by atoms with E-state index < -0.39 is 0 Å². The molecule has 0 aromatic carbocycles. The van der Waals surface area contributed by atoms with E-state index in [9.17, 15) is 4.79 Å². The lowest BCUT2D eigenvalue weighted by Crippen LogP contribution is -2.68. The Hall–Kier alpha value is -1.56. The number of hydrogen-bond acceptors (Lipinski definition) is 3. The van der Waals surface area contributed by atoms with E-state index in [-0.39, 0.29) is 17.5 Å². The maximum atomic E-state index is 12.4. The summed E-state index contributed by atoms with van der Waals surface area (Å²) in [4.78, 5) is 12.4. The van der Waals surface area contributed by atoms with Gasteiger partial charge in [0, 0.05) is 42.8 Å². The molecule has 1 aromatic heterocycles. The lowest BCUT2D eigenvalue weighted by Gasteiger charge is -2.56. The molecule has 3 aliphatic rings. The standard InChI is InChI=1S/C16H24N4O2/c1-10-9-12(19-20(10)2)17-15(21)18-13-11-5-8-22-14(11)16(13)6-3-4-7-16/h9,11,13-14H,3-8H2,1-2H3,(H2,17,18,19,21)/t11-,13-,14-/m1/s1. The number of nitrogens with one attached hydrogen (secondary N) is 2. The minimum absolute atomic E-state index is 0.139. The average molecular weight is 304 g/mol. The van der Waals surface area contributed by atoms with Crippen LogP contribution in [-0.2, 0) is 11.8 Å². The largest absolute Gasteiger partial charge is 0.377 e. The fourth-order valence-corrected chi connectivity index (χ4v) is 4.82. The molecule has 1 spiro atoms. The number of hydrogen-bond donors (Lipinski definition) is 2. The highest BCUT2D eigenvalue weighted by molar-refractivity contribution is 5.88. The predicted octanol–water partition coefficient (Wildman–Crippen LogP) is 2.20. The van der Waals surface area contributed by atoms with Gasteiger partial charge >= 0.3 is 6.03 Å². The van der Waals surface area contributed by atoms with Gasteiger partial charge in [0.2, 0.25) is 0 Å². The summed E-state index contributed by atoms with van der Waals surface area (Å²) in [6.07, 6.45) is 6.32. The molecule has 2 heterocycles. The molecule has 1 aliphatic heterocycles. The van der Waals surface area contributed by atoms with Crippen LogP contribution >= 0.6 is 0 Å². The molecule has 1 aromatic rings. The quantitative estimate of drug-likeness (QED) is 0.880. The SMILES string of the molecule is Cc1cc(NC(=O)N[C@@H]2[C@H]3CCO[C@H]3C23CCCC3)nn1C. The number of urea groups is 1. The summed E-state index contributed by atoms with van der Waals surface area (Å²) in [5.74, 6) is 1.10. The maximum Gasteiger partial charge on any atom is 0.320 e. The highest BCUT2D eigenvalue weighted by Crippen LogP contribution is 2.60. The van der Waals surface area contributed by atoms with E-state index in [1.807, 2.05) is 20.0 Å². The van der Waals surface area contributed by atoms with Crippen molar-refractivity contribution < 1.29 is 9.53 Å². The van der Waals surface area contributed by atoms with Crippen molar-refractivity contribution in [3.8, 4) is 0 Å². The van der Waals surface area contributed by atoms with Gasteiger partial charge in [0.1, 0.15) is 0 Å². The third-order valence-electron chi connectivity index (χ3n) is 5.93. The number of carbonyl (C=O) groups excluding carboxylic acids is 1. The molecule has 2 amide bonds. The summed E-state index contributed by atoms with van der Waals surface area (Å²) >= 11 is 0. The zero-order valence-electron chi connectivity index (χ0n) is 13.3. The van der Waals surface area contributed by atoms with Crippen molar-refractivity contribution in [1.82, 2.24) is 15.1 Å². The Morgan fingerprint density at radius 3 is 2.91 bits per heavy atom. The maximum absolute atomic E-state index is 12.4. The highest BCUT2D eigenvalue weighted by Gasteiger charge is 2.65. The molecule has 0 unspecified atom stereocenters. The van der Waals surface area contributed by atoms with Gasteiger partial charge < -0.3 is 10.1 Å². The Morgan fingerprint density at radius 2 is 2.23 bits per heavy atom. The first-order valence-electron chi connectivity index (χ1n) is 8.30. The van der Waals surface area contributed by atoms with E-state index in [2.05, 4.69) is 15.7 Å². The molecule has 0 radical (unpaired) electrons. The number of nitrogens with zero attached hydrogens (tertiary/aromatic N) is 2. The number of carbonyl (C=O) groups is 1. The molecule has 0 bridgehead atoms. The van der Waals surface area contributed by atoms with Crippen LogP contribution < -0.4 is 10.6 Å². The number of amides is 2. The average Bonchev–Trinajstić information content (AvgIpc) is 3.17. The van der Waals surface area contributed by atoms with Crippen LogP contribution in [0, 0.1) is 18.3 Å². The highest BCUT2D eigenvalue weighted by atomic mass is 16.5. The zero-order valence-corrected chi connectivity index (χ0v) is 13.3. The molecule has 1 saturated heterocycles. The van der Waals surface area contributed by atoms with Crippen molar-refractivity contribution in [3.63, 3.8) is 0 Å². The molecule has 6 heteroatoms. The van der Waals surface area contributed by atoms with Gasteiger partial charge in [0.25, 0.3) is 0 Å². The summed E-state index contributed by atoms with van der Waals surface area (Å²) in [5, 5.41) is 10.4. The summed E-state index contributed by atoms with van der Waals surface area (Å²) in [6.45, 7) is 2.81. The Kier molecular flexibility index (Phi) is 3.18. The van der Waals surface area contributed by atoms with E-state index in [0.29, 0.717) is 17.8 Å². The zero-order chi connectivity index (χ0) is 15.3. The van der Waals surface area contributed by atoms with Crippen LogP contribution in [-0.4, -0.2) is 34.6 Å². The van der Waals surface area contributed by atoms with Crippen molar-refractivity contribution in [2.75, 3.05) is 11.9 Å². The summed E-state index contributed by atoms with van der Waals surface area (Å²) < 4.78 is 7.71. The Labute approximate surface area is 130 Å². The molecule has 22 heavy (non-hydrogen) atoms. The normalized spacial score (nSPS) is 31.8. The number of anilines is 1. The first kappa shape index (κ1) is 14.1. The van der Waals surface area contributed by atoms with Gasteiger partial charge in [-0.15, -0.1) is 0 Å². The third-order valence-corrected chi connectivity index (χ3v) is 5.93. The van der Waals surface area contributed by atoms with E-state index in [0.717, 1.165) is 18.7 Å². The van der Waals surface area contributed by atoms with E-state index in [1.165, 1.54) is 25.7 Å². The molecular weight excluding hydrogens is 280 g/mol. The van der Waals surface area contributed by atoms with Crippen molar-refractivity contribution in [2.24, 2.45) is 18.4 Å². The summed E-state index contributed by atoms with van der Waals surface area (Å²) in [6, 6.07) is 2.00. The van der Waals surface area contributed by atoms with Gasteiger partial charge in [-0.25, -0.2) is 4.79 Å². The van der Waals surface area contributed by atoms with Crippen LogP contribution in [0.25, 0.3) is 0 Å². The van der Waals surface area contributed by atoms with Gasteiger partial charge in [0.05, 0.1) is 6.10 Å². The summed E-state index contributed by atoms with van der Waals surface area (Å²) in [5.41, 5.74) is 1.22. The minimum Gasteiger partial charge on any atom is -0.377 e. The number of fused-ring (bicyclic) bond motifs is 2. The topological polar surface area (TPSA) is 68.2 Å². The van der Waals surface area contributed by atoms with Crippen LogP contribution in [0.4, 0.5) is 10.6 Å². The molecule has 120 valence electrons. The first-order chi connectivity index (χ1) is 10.6. The molecule has 6 nitrogen and oxygen atoms in total. The second-order valence-electron chi connectivity index (χ2n) is 7.05. The second kappa shape index (κ2) is 4.98. The molecule has 2 aliphatic carbocycles. The van der Waals surface area contributed by atoms with Crippen molar-refractivity contribution in [2.45, 2.75) is 51.2 Å². The molecule has 2 saturated carbocycles. The van der Waals surface area contributed by atoms with Crippen LogP contribution in [0.3, 0.4) is 0 Å². The van der Waals surface area contributed by atoms with E-state index in [1.54, 1.807) is 4.68 Å². The van der Waals surface area contributed by atoms with Gasteiger partial charge in [0.15, 0.2) is 5.82 Å². The second-order valence-corrected chi connectivity index (χ2v) is 7.05. The van der Waals surface area contributed by atoms with Crippen LogP contribution in [0.1, 0.15) is 37.8 Å². The van der Waals surface area contributed by atoms with Gasteiger partial charge in [-0.05, 0) is 26.2 Å². The Bertz CT molecular complexity index is 571. The van der Waals surface area contributed by atoms with Crippen LogP contribution in [0.15, 0.2) is 6.07 Å².